The monoisotopic (exact) mass is 512 g/mol. The molecule has 0 rings (SSSR count). The summed E-state index contributed by atoms with van der Waals surface area (Å²) in [7, 11) is -7.86. The van der Waals surface area contributed by atoms with Gasteiger partial charge in [0.25, 0.3) is 18.9 Å². The first-order valence-electron chi connectivity index (χ1n) is 9.56. The molecule has 0 aliphatic carbocycles. The van der Waals surface area contributed by atoms with Crippen molar-refractivity contribution in [2.24, 2.45) is 0 Å². The summed E-state index contributed by atoms with van der Waals surface area (Å²) in [6, 6.07) is 0. The quantitative estimate of drug-likeness (QED) is 0.148. The van der Waals surface area contributed by atoms with Crippen LogP contribution in [0.5, 0.6) is 0 Å². The van der Waals surface area contributed by atoms with Crippen molar-refractivity contribution >= 4 is 25.9 Å². The highest BCUT2D eigenvalue weighted by Gasteiger charge is 2.55. The zero-order chi connectivity index (χ0) is 24.3. The summed E-state index contributed by atoms with van der Waals surface area (Å²) >= 11 is 0. The van der Waals surface area contributed by atoms with Gasteiger partial charge in [-0.25, -0.2) is 16.8 Å². The minimum Gasteiger partial charge on any atom is -0.328 e. The van der Waals surface area contributed by atoms with Crippen LogP contribution < -0.4 is 0 Å². The molecule has 0 spiro atoms. The van der Waals surface area contributed by atoms with Gasteiger partial charge in [0.15, 0.2) is 0 Å². The van der Waals surface area contributed by atoms with E-state index in [0.29, 0.717) is 0 Å². The van der Waals surface area contributed by atoms with E-state index in [2.05, 4.69) is 27.9 Å². The molecule has 0 saturated heterocycles. The fraction of sp³-hybridized carbons (Fsp3) is 1.00. The Hall–Kier alpha value is -0.130. The van der Waals surface area contributed by atoms with Gasteiger partial charge in [-0.1, -0.05) is 39.5 Å². The Kier molecular flexibility index (Phi) is 14.3. The van der Waals surface area contributed by atoms with E-state index in [1.165, 1.54) is 68.9 Å². The van der Waals surface area contributed by atoms with Crippen molar-refractivity contribution in [1.82, 2.24) is 0 Å². The van der Waals surface area contributed by atoms with Crippen LogP contribution in [0.25, 0.3) is 0 Å². The van der Waals surface area contributed by atoms with E-state index >= 15 is 0 Å². The average molecular weight is 513 g/mol. The number of hydrogen-bond donors (Lipinski definition) is 0. The maximum Gasteiger partial charge on any atom is 0.501 e. The molecule has 5 nitrogen and oxygen atoms in total. The third-order valence-electron chi connectivity index (χ3n) is 4.06. The molecule has 0 fully saturated rings. The minimum atomic E-state index is -6.32. The van der Waals surface area contributed by atoms with Crippen LogP contribution in [0.15, 0.2) is 0 Å². The predicted octanol–water partition coefficient (Wildman–Crippen LogP) is 5.59. The van der Waals surface area contributed by atoms with Crippen LogP contribution >= 0.6 is 6.98 Å². The molecular weight excluding hydrogens is 479 g/mol. The highest BCUT2D eigenvalue weighted by atomic mass is 33.1. The Morgan fingerprint density at radius 3 is 1.17 bits per heavy atom. The van der Waals surface area contributed by atoms with Gasteiger partial charge in [0.05, 0.1) is 27.2 Å². The number of alkyl halides is 6. The summed E-state index contributed by atoms with van der Waals surface area (Å²) < 4.78 is 111. The number of halogens is 6. The predicted molar refractivity (Wildman–Crippen MR) is 108 cm³/mol. The van der Waals surface area contributed by atoms with Gasteiger partial charge in [0.2, 0.25) is 0 Å². The highest BCUT2D eigenvalue weighted by molar-refractivity contribution is 8.76. The van der Waals surface area contributed by atoms with E-state index in [1.54, 1.807) is 0 Å². The molecule has 0 aromatic heterocycles. The molecule has 0 heterocycles. The fourth-order valence-electron chi connectivity index (χ4n) is 2.28. The van der Waals surface area contributed by atoms with Crippen molar-refractivity contribution in [2.75, 3.05) is 27.2 Å². The largest absolute Gasteiger partial charge is 0.501 e. The lowest BCUT2D eigenvalue weighted by Crippen LogP contribution is -2.41. The molecule has 0 bridgehead atoms. The molecule has 0 aliphatic heterocycles. The number of rotatable bonds is 12. The molecule has 0 unspecified atom stereocenters. The van der Waals surface area contributed by atoms with E-state index in [4.69, 9.17) is 0 Å². The maximum absolute atomic E-state index is 11.5. The van der Waals surface area contributed by atoms with Gasteiger partial charge in [-0.05, 0) is 25.7 Å². The molecule has 0 saturated carbocycles. The molecule has 0 atom stereocenters. The zero-order valence-corrected chi connectivity index (χ0v) is 20.4. The van der Waals surface area contributed by atoms with Gasteiger partial charge >= 0.3 is 11.0 Å². The first kappa shape index (κ1) is 32.1. The van der Waals surface area contributed by atoms with E-state index in [1.807, 2.05) is 0 Å². The average Bonchev–Trinajstić information content (AvgIpc) is 2.53. The van der Waals surface area contributed by atoms with Crippen LogP contribution in [-0.2, 0) is 18.9 Å². The summed E-state index contributed by atoms with van der Waals surface area (Å²) in [6.45, 7) is 3.98. The van der Waals surface area contributed by atoms with Crippen LogP contribution in [0, 0.1) is 0 Å². The molecule has 0 aliphatic rings. The molecule has 30 heavy (non-hydrogen) atoms. The Morgan fingerprint density at radius 2 is 0.933 bits per heavy atom. The van der Waals surface area contributed by atoms with Crippen LogP contribution in [0.4, 0.5) is 26.3 Å². The van der Waals surface area contributed by atoms with Crippen molar-refractivity contribution in [1.29, 1.82) is 0 Å². The van der Waals surface area contributed by atoms with E-state index in [-0.39, 0.29) is 0 Å². The first-order chi connectivity index (χ1) is 13.3. The standard InChI is InChI=1S/C14H32N.C2HF6O4PS2/c1-5-7-9-11-13-15(3,4)14-12-10-8-6-2;3-1(4,5)14(9,10)13-15(11,12)2(6,7)8/h5-14H2,1-4H3;13H/q+1;. The van der Waals surface area contributed by atoms with Crippen molar-refractivity contribution in [2.45, 2.75) is 76.2 Å². The van der Waals surface area contributed by atoms with E-state index in [0.717, 1.165) is 0 Å². The van der Waals surface area contributed by atoms with Crippen LogP contribution in [0.1, 0.15) is 65.2 Å². The third-order valence-corrected chi connectivity index (χ3v) is 12.4. The molecule has 0 N–H and O–H groups in total. The van der Waals surface area contributed by atoms with Crippen LogP contribution in [-0.4, -0.2) is 59.5 Å². The van der Waals surface area contributed by atoms with E-state index < -0.39 is 36.9 Å². The topological polar surface area (TPSA) is 68.3 Å². The van der Waals surface area contributed by atoms with Gasteiger partial charge in [-0.15, -0.1) is 0 Å². The van der Waals surface area contributed by atoms with E-state index in [9.17, 15) is 43.2 Å². The second kappa shape index (κ2) is 13.4. The second-order valence-corrected chi connectivity index (χ2v) is 15.8. The molecule has 14 heteroatoms. The van der Waals surface area contributed by atoms with Gasteiger partial charge in [0.1, 0.15) is 6.98 Å². The fourth-order valence-corrected chi connectivity index (χ4v) is 8.50. The van der Waals surface area contributed by atoms with Crippen LogP contribution in [0.3, 0.4) is 0 Å². The number of quaternary nitrogens is 1. The molecule has 184 valence electrons. The number of nitrogens with zero attached hydrogens (tertiary/aromatic N) is 1. The Bertz CT molecular complexity index is 621. The normalized spacial score (nSPS) is 13.7. The summed E-state index contributed by atoms with van der Waals surface area (Å²) in [5.74, 6) is 0. The molecular formula is C16H33F6NO4PS2+. The molecule has 0 radical (unpaired) electrons. The molecule has 0 aromatic rings. The summed E-state index contributed by atoms with van der Waals surface area (Å²) in [5.41, 5.74) is -12.0. The van der Waals surface area contributed by atoms with Crippen molar-refractivity contribution < 1.29 is 47.7 Å². The number of unbranched alkanes of at least 4 members (excludes halogenated alkanes) is 6. The first-order valence-corrected chi connectivity index (χ1v) is 15.0. The third kappa shape index (κ3) is 14.0. The zero-order valence-electron chi connectivity index (χ0n) is 17.7. The second-order valence-electron chi connectivity index (χ2n) is 7.49. The lowest BCUT2D eigenvalue weighted by atomic mass is 10.1. The van der Waals surface area contributed by atoms with Gasteiger partial charge in [0, 0.05) is 0 Å². The van der Waals surface area contributed by atoms with Gasteiger partial charge < -0.3 is 4.48 Å². The minimum absolute atomic E-state index is 1.23. The summed E-state index contributed by atoms with van der Waals surface area (Å²) in [6.07, 6.45) is 11.2. The number of hydrogen-bond acceptors (Lipinski definition) is 4. The SMILES string of the molecule is CCCCCC[N+](C)(C)CCCCCC.O=S(=O)(PS(=O)(=O)C(F)(F)F)C(F)(F)F. The lowest BCUT2D eigenvalue weighted by molar-refractivity contribution is -0.890. The lowest BCUT2D eigenvalue weighted by Gasteiger charge is -2.30. The Morgan fingerprint density at radius 1 is 0.633 bits per heavy atom. The summed E-state index contributed by atoms with van der Waals surface area (Å²) in [4.78, 5) is 0. The molecule has 0 amide bonds. The van der Waals surface area contributed by atoms with Crippen molar-refractivity contribution in [3.05, 3.63) is 0 Å². The van der Waals surface area contributed by atoms with Gasteiger partial charge in [-0.2, -0.15) is 26.3 Å². The van der Waals surface area contributed by atoms with Crippen LogP contribution in [0.2, 0.25) is 0 Å². The van der Waals surface area contributed by atoms with Crippen molar-refractivity contribution in [3.63, 3.8) is 0 Å². The highest BCUT2D eigenvalue weighted by Crippen LogP contribution is 2.46. The maximum atomic E-state index is 11.5. The Balaban J connectivity index is 0. The van der Waals surface area contributed by atoms with Gasteiger partial charge in [-0.3, -0.25) is 0 Å². The Labute approximate surface area is 177 Å². The summed E-state index contributed by atoms with van der Waals surface area (Å²) in [5, 5.41) is 0. The van der Waals surface area contributed by atoms with Crippen molar-refractivity contribution in [3.8, 4) is 0 Å². The molecule has 0 aromatic carbocycles. The smallest absolute Gasteiger partial charge is 0.328 e.